The maximum atomic E-state index is 8.36. The number of rotatable bonds is 6. The third-order valence-electron chi connectivity index (χ3n) is 5.06. The summed E-state index contributed by atoms with van der Waals surface area (Å²) < 4.78 is 5.97. The van der Waals surface area contributed by atoms with Crippen LogP contribution < -0.4 is 10.1 Å². The number of carbonyl (C=O) groups is 1. The molecule has 1 aliphatic heterocycles. The van der Waals surface area contributed by atoms with E-state index in [9.17, 15) is 0 Å². The van der Waals surface area contributed by atoms with E-state index in [1.54, 1.807) is 0 Å². The standard InChI is InChI=1S/C21H24ClN3O.CH2O2/c1-23-21-15-7-2-3-8-18(15)24-19-14-20(17(22)13-16(19)21)26-12-6-11-25-9-4-5-10-25;2-1-3/h2-3,7-8,13-14H,4-6,9-12H2,1H3,(H,23,24);1H,(H,2,3). The van der Waals surface area contributed by atoms with Crippen molar-refractivity contribution in [3.8, 4) is 5.75 Å². The van der Waals surface area contributed by atoms with Crippen molar-refractivity contribution in [2.24, 2.45) is 0 Å². The summed E-state index contributed by atoms with van der Waals surface area (Å²) in [5.41, 5.74) is 2.91. The van der Waals surface area contributed by atoms with Crippen LogP contribution in [-0.4, -0.2) is 54.8 Å². The Morgan fingerprint density at radius 1 is 1.21 bits per heavy atom. The molecule has 1 fully saturated rings. The van der Waals surface area contributed by atoms with E-state index in [0.717, 1.165) is 40.5 Å². The summed E-state index contributed by atoms with van der Waals surface area (Å²) in [7, 11) is 1.93. The van der Waals surface area contributed by atoms with E-state index in [1.807, 2.05) is 37.4 Å². The molecule has 0 aliphatic carbocycles. The molecule has 6 nitrogen and oxygen atoms in total. The molecule has 1 aliphatic rings. The molecule has 0 atom stereocenters. The molecule has 154 valence electrons. The summed E-state index contributed by atoms with van der Waals surface area (Å²) >= 11 is 6.50. The van der Waals surface area contributed by atoms with Crippen LogP contribution in [0.2, 0.25) is 5.02 Å². The van der Waals surface area contributed by atoms with E-state index in [0.29, 0.717) is 17.4 Å². The lowest BCUT2D eigenvalue weighted by atomic mass is 10.1. The van der Waals surface area contributed by atoms with E-state index in [-0.39, 0.29) is 6.47 Å². The van der Waals surface area contributed by atoms with Crippen molar-refractivity contribution in [3.05, 3.63) is 41.4 Å². The predicted molar refractivity (Wildman–Crippen MR) is 118 cm³/mol. The number of pyridine rings is 1. The zero-order valence-electron chi connectivity index (χ0n) is 16.5. The van der Waals surface area contributed by atoms with Gasteiger partial charge in [0.05, 0.1) is 28.4 Å². The molecular weight excluding hydrogens is 390 g/mol. The Morgan fingerprint density at radius 2 is 1.93 bits per heavy atom. The lowest BCUT2D eigenvalue weighted by molar-refractivity contribution is -0.122. The van der Waals surface area contributed by atoms with Crippen LogP contribution in [0.25, 0.3) is 21.8 Å². The molecule has 29 heavy (non-hydrogen) atoms. The minimum Gasteiger partial charge on any atom is -0.492 e. The molecule has 1 aromatic heterocycles. The van der Waals surface area contributed by atoms with Crippen LogP contribution in [0.15, 0.2) is 36.4 Å². The van der Waals surface area contributed by atoms with Crippen molar-refractivity contribution < 1.29 is 14.6 Å². The second-order valence-electron chi connectivity index (χ2n) is 6.91. The first kappa shape index (κ1) is 21.1. The van der Waals surface area contributed by atoms with Crippen molar-refractivity contribution in [3.63, 3.8) is 0 Å². The van der Waals surface area contributed by atoms with Gasteiger partial charge < -0.3 is 20.1 Å². The third kappa shape index (κ3) is 5.08. The lowest BCUT2D eigenvalue weighted by Crippen LogP contribution is -2.21. The molecule has 7 heteroatoms. The van der Waals surface area contributed by atoms with Gasteiger partial charge in [0.15, 0.2) is 0 Å². The van der Waals surface area contributed by atoms with Gasteiger partial charge >= 0.3 is 0 Å². The molecule has 0 unspecified atom stereocenters. The number of likely N-dealkylation sites (tertiary alicyclic amines) is 1. The first-order chi connectivity index (χ1) is 14.2. The quantitative estimate of drug-likeness (QED) is 0.347. The summed E-state index contributed by atoms with van der Waals surface area (Å²) in [6, 6.07) is 12.0. The number of halogens is 1. The van der Waals surface area contributed by atoms with Crippen LogP contribution >= 0.6 is 11.6 Å². The number of fused-ring (bicyclic) bond motifs is 2. The fraction of sp³-hybridized carbons (Fsp3) is 0.364. The number of hydrogen-bond donors (Lipinski definition) is 2. The summed E-state index contributed by atoms with van der Waals surface area (Å²) in [6.45, 7) is 3.97. The van der Waals surface area contributed by atoms with Gasteiger partial charge in [-0.15, -0.1) is 0 Å². The summed E-state index contributed by atoms with van der Waals surface area (Å²) in [5, 5.41) is 12.9. The van der Waals surface area contributed by atoms with Crippen LogP contribution in [0.1, 0.15) is 19.3 Å². The maximum absolute atomic E-state index is 8.36. The van der Waals surface area contributed by atoms with Crippen LogP contribution in [0, 0.1) is 0 Å². The van der Waals surface area contributed by atoms with Gasteiger partial charge in [-0.05, 0) is 44.5 Å². The van der Waals surface area contributed by atoms with Gasteiger partial charge in [-0.25, -0.2) is 4.98 Å². The van der Waals surface area contributed by atoms with Crippen molar-refractivity contribution >= 4 is 45.6 Å². The summed E-state index contributed by atoms with van der Waals surface area (Å²) in [5.74, 6) is 0.713. The van der Waals surface area contributed by atoms with Crippen molar-refractivity contribution in [2.75, 3.05) is 38.6 Å². The molecule has 3 aromatic rings. The first-order valence-electron chi connectivity index (χ1n) is 9.80. The monoisotopic (exact) mass is 415 g/mol. The van der Waals surface area contributed by atoms with Crippen molar-refractivity contribution in [1.82, 2.24) is 9.88 Å². The zero-order valence-corrected chi connectivity index (χ0v) is 17.3. The van der Waals surface area contributed by atoms with Crippen LogP contribution in [0.3, 0.4) is 0 Å². The number of benzene rings is 2. The average molecular weight is 416 g/mol. The molecule has 0 spiro atoms. The van der Waals surface area contributed by atoms with E-state index < -0.39 is 0 Å². The van der Waals surface area contributed by atoms with Gasteiger partial charge in [-0.3, -0.25) is 4.79 Å². The minimum absolute atomic E-state index is 0.250. The lowest BCUT2D eigenvalue weighted by Gasteiger charge is -2.16. The second kappa shape index (κ2) is 10.3. The number of hydrogen-bond acceptors (Lipinski definition) is 5. The normalized spacial score (nSPS) is 13.9. The van der Waals surface area contributed by atoms with Crippen LogP contribution in [0.5, 0.6) is 5.75 Å². The van der Waals surface area contributed by atoms with E-state index in [1.165, 1.54) is 25.9 Å². The molecule has 0 saturated carbocycles. The number of nitrogens with one attached hydrogen (secondary N) is 1. The fourth-order valence-electron chi connectivity index (χ4n) is 3.75. The molecule has 2 aromatic carbocycles. The SMILES string of the molecule is CNc1c2ccccc2nc2cc(OCCCN3CCCC3)c(Cl)cc12.O=CO. The molecule has 0 amide bonds. The molecule has 1 saturated heterocycles. The number of para-hydroxylation sites is 1. The van der Waals surface area contributed by atoms with E-state index >= 15 is 0 Å². The Morgan fingerprint density at radius 3 is 2.66 bits per heavy atom. The van der Waals surface area contributed by atoms with Crippen LogP contribution in [0.4, 0.5) is 5.69 Å². The van der Waals surface area contributed by atoms with Crippen molar-refractivity contribution in [1.29, 1.82) is 0 Å². The highest BCUT2D eigenvalue weighted by Crippen LogP contribution is 2.36. The van der Waals surface area contributed by atoms with Gasteiger partial charge in [-0.1, -0.05) is 29.8 Å². The molecule has 2 N–H and O–H groups in total. The topological polar surface area (TPSA) is 74.7 Å². The zero-order chi connectivity index (χ0) is 20.6. The van der Waals surface area contributed by atoms with Gasteiger partial charge in [0.25, 0.3) is 6.47 Å². The largest absolute Gasteiger partial charge is 0.492 e. The van der Waals surface area contributed by atoms with E-state index in [2.05, 4.69) is 16.3 Å². The number of nitrogens with zero attached hydrogens (tertiary/aromatic N) is 2. The summed E-state index contributed by atoms with van der Waals surface area (Å²) in [4.78, 5) is 15.7. The number of anilines is 1. The fourth-order valence-corrected chi connectivity index (χ4v) is 3.97. The smallest absolute Gasteiger partial charge is 0.290 e. The molecule has 0 bridgehead atoms. The van der Waals surface area contributed by atoms with Gasteiger partial charge in [0.1, 0.15) is 5.75 Å². The van der Waals surface area contributed by atoms with E-state index in [4.69, 9.17) is 31.2 Å². The second-order valence-corrected chi connectivity index (χ2v) is 7.32. The van der Waals surface area contributed by atoms with Crippen molar-refractivity contribution in [2.45, 2.75) is 19.3 Å². The third-order valence-corrected chi connectivity index (χ3v) is 5.35. The Bertz CT molecular complexity index is 974. The molecule has 0 radical (unpaired) electrons. The van der Waals surface area contributed by atoms with Gasteiger partial charge in [-0.2, -0.15) is 0 Å². The highest BCUT2D eigenvalue weighted by molar-refractivity contribution is 6.33. The summed E-state index contributed by atoms with van der Waals surface area (Å²) in [6.07, 6.45) is 3.66. The maximum Gasteiger partial charge on any atom is 0.290 e. The Balaban J connectivity index is 0.000000755. The number of carboxylic acid groups (broad SMARTS) is 1. The number of ether oxygens (including phenoxy) is 1. The predicted octanol–water partition coefficient (Wildman–Crippen LogP) is 4.65. The molecule has 4 rings (SSSR count). The molecule has 2 heterocycles. The average Bonchev–Trinajstić information content (AvgIpc) is 3.24. The Kier molecular flexibility index (Phi) is 7.49. The number of aromatic nitrogens is 1. The first-order valence-corrected chi connectivity index (χ1v) is 10.2. The molecular formula is C22H26ClN3O3. The van der Waals surface area contributed by atoms with Gasteiger partial charge in [0.2, 0.25) is 0 Å². The van der Waals surface area contributed by atoms with Gasteiger partial charge in [0, 0.05) is 30.4 Å². The minimum atomic E-state index is -0.250. The highest BCUT2D eigenvalue weighted by atomic mass is 35.5. The highest BCUT2D eigenvalue weighted by Gasteiger charge is 2.13. The van der Waals surface area contributed by atoms with Crippen LogP contribution in [-0.2, 0) is 4.79 Å². The Hall–Kier alpha value is -2.57. The Labute approximate surface area is 175 Å².